The second-order valence-corrected chi connectivity index (χ2v) is 5.25. The highest BCUT2D eigenvalue weighted by Gasteiger charge is 2.30. The molecule has 0 saturated carbocycles. The number of piperazine rings is 1. The lowest BCUT2D eigenvalue weighted by atomic mass is 10.1. The highest BCUT2D eigenvalue weighted by molar-refractivity contribution is 5.35. The molecule has 0 radical (unpaired) electrons. The molecule has 1 aliphatic carbocycles. The fourth-order valence-electron chi connectivity index (χ4n) is 3.19. The summed E-state index contributed by atoms with van der Waals surface area (Å²) in [4.78, 5) is 2.55. The summed E-state index contributed by atoms with van der Waals surface area (Å²) < 4.78 is 13.2. The standard InChI is InChI=1S/C14H19FN2/c1-10-9-17(7-6-16-10)14-5-2-11-8-12(15)3-4-13(11)14/h3-4,8,10,14,16H,2,5-7,9H2,1H3. The number of hydrogen-bond donors (Lipinski definition) is 1. The third kappa shape index (κ3) is 2.09. The zero-order valence-electron chi connectivity index (χ0n) is 10.2. The van der Waals surface area contributed by atoms with Gasteiger partial charge in [0.25, 0.3) is 0 Å². The number of nitrogens with zero attached hydrogens (tertiary/aromatic N) is 1. The molecule has 2 unspecified atom stereocenters. The summed E-state index contributed by atoms with van der Waals surface area (Å²) in [5, 5.41) is 3.47. The van der Waals surface area contributed by atoms with Gasteiger partial charge in [0.15, 0.2) is 0 Å². The molecule has 1 aromatic rings. The van der Waals surface area contributed by atoms with Gasteiger partial charge in [0.2, 0.25) is 0 Å². The maximum atomic E-state index is 13.2. The summed E-state index contributed by atoms with van der Waals surface area (Å²) in [6.07, 6.45) is 2.17. The van der Waals surface area contributed by atoms with Crippen LogP contribution in [0.25, 0.3) is 0 Å². The zero-order valence-corrected chi connectivity index (χ0v) is 10.2. The van der Waals surface area contributed by atoms with E-state index < -0.39 is 0 Å². The Balaban J connectivity index is 1.83. The van der Waals surface area contributed by atoms with Crippen LogP contribution in [0.15, 0.2) is 18.2 Å². The van der Waals surface area contributed by atoms with Crippen LogP contribution in [-0.2, 0) is 6.42 Å². The van der Waals surface area contributed by atoms with E-state index in [0.29, 0.717) is 12.1 Å². The molecule has 92 valence electrons. The van der Waals surface area contributed by atoms with Crippen molar-refractivity contribution in [3.05, 3.63) is 35.1 Å². The van der Waals surface area contributed by atoms with E-state index >= 15 is 0 Å². The van der Waals surface area contributed by atoms with Crippen molar-refractivity contribution in [2.24, 2.45) is 0 Å². The van der Waals surface area contributed by atoms with E-state index in [-0.39, 0.29) is 5.82 Å². The van der Waals surface area contributed by atoms with E-state index in [1.165, 1.54) is 11.1 Å². The smallest absolute Gasteiger partial charge is 0.123 e. The van der Waals surface area contributed by atoms with Crippen LogP contribution in [0.1, 0.15) is 30.5 Å². The highest BCUT2D eigenvalue weighted by atomic mass is 19.1. The third-order valence-electron chi connectivity index (χ3n) is 3.99. The highest BCUT2D eigenvalue weighted by Crippen LogP contribution is 2.36. The topological polar surface area (TPSA) is 15.3 Å². The molecule has 2 aliphatic rings. The van der Waals surface area contributed by atoms with Crippen LogP contribution in [-0.4, -0.2) is 30.6 Å². The van der Waals surface area contributed by atoms with Gasteiger partial charge in [-0.25, -0.2) is 4.39 Å². The molecule has 1 fully saturated rings. The second-order valence-electron chi connectivity index (χ2n) is 5.25. The Hall–Kier alpha value is -0.930. The van der Waals surface area contributed by atoms with Crippen molar-refractivity contribution in [3.63, 3.8) is 0 Å². The van der Waals surface area contributed by atoms with Crippen molar-refractivity contribution in [2.45, 2.75) is 31.8 Å². The number of hydrogen-bond acceptors (Lipinski definition) is 2. The Bertz CT molecular complexity index is 419. The van der Waals surface area contributed by atoms with Crippen molar-refractivity contribution in [3.8, 4) is 0 Å². The van der Waals surface area contributed by atoms with Crippen LogP contribution >= 0.6 is 0 Å². The molecule has 1 aliphatic heterocycles. The lowest BCUT2D eigenvalue weighted by Gasteiger charge is -2.36. The fraction of sp³-hybridized carbons (Fsp3) is 0.571. The molecule has 0 bridgehead atoms. The summed E-state index contributed by atoms with van der Waals surface area (Å²) in [6.45, 7) is 5.49. The Morgan fingerprint density at radius 2 is 2.29 bits per heavy atom. The Kier molecular flexibility index (Phi) is 2.89. The molecule has 1 heterocycles. The first-order chi connectivity index (χ1) is 8.24. The van der Waals surface area contributed by atoms with Gasteiger partial charge >= 0.3 is 0 Å². The maximum absolute atomic E-state index is 13.2. The van der Waals surface area contributed by atoms with E-state index in [4.69, 9.17) is 0 Å². The van der Waals surface area contributed by atoms with Crippen molar-refractivity contribution in [1.82, 2.24) is 10.2 Å². The largest absolute Gasteiger partial charge is 0.312 e. The molecule has 3 rings (SSSR count). The van der Waals surface area contributed by atoms with Crippen molar-refractivity contribution in [2.75, 3.05) is 19.6 Å². The summed E-state index contributed by atoms with van der Waals surface area (Å²) in [7, 11) is 0. The van der Waals surface area contributed by atoms with Crippen LogP contribution in [0.3, 0.4) is 0 Å². The van der Waals surface area contributed by atoms with E-state index in [2.05, 4.69) is 17.1 Å². The Labute approximate surface area is 102 Å². The molecule has 17 heavy (non-hydrogen) atoms. The molecule has 0 amide bonds. The van der Waals surface area contributed by atoms with Crippen LogP contribution < -0.4 is 5.32 Å². The number of nitrogens with one attached hydrogen (secondary N) is 1. The summed E-state index contributed by atoms with van der Waals surface area (Å²) in [5.74, 6) is -0.0990. The first-order valence-corrected chi connectivity index (χ1v) is 6.50. The zero-order chi connectivity index (χ0) is 11.8. The Morgan fingerprint density at radius 3 is 3.12 bits per heavy atom. The maximum Gasteiger partial charge on any atom is 0.123 e. The minimum Gasteiger partial charge on any atom is -0.312 e. The van der Waals surface area contributed by atoms with Gasteiger partial charge in [0.1, 0.15) is 5.82 Å². The molecule has 3 heteroatoms. The molecular formula is C14H19FN2. The van der Waals surface area contributed by atoms with Gasteiger partial charge in [-0.2, -0.15) is 0 Å². The summed E-state index contributed by atoms with van der Waals surface area (Å²) >= 11 is 0. The summed E-state index contributed by atoms with van der Waals surface area (Å²) in [6, 6.07) is 6.36. The van der Waals surface area contributed by atoms with Crippen LogP contribution in [0, 0.1) is 5.82 Å². The quantitative estimate of drug-likeness (QED) is 0.800. The van der Waals surface area contributed by atoms with Crippen molar-refractivity contribution in [1.29, 1.82) is 0 Å². The molecular weight excluding hydrogens is 215 g/mol. The van der Waals surface area contributed by atoms with Crippen molar-refractivity contribution < 1.29 is 4.39 Å². The lowest BCUT2D eigenvalue weighted by molar-refractivity contribution is 0.148. The van der Waals surface area contributed by atoms with E-state index in [1.807, 2.05) is 6.07 Å². The molecule has 0 spiro atoms. The molecule has 1 aromatic carbocycles. The number of rotatable bonds is 1. The number of benzene rings is 1. The molecule has 0 aromatic heterocycles. The second kappa shape index (κ2) is 4.39. The molecule has 2 nitrogen and oxygen atoms in total. The van der Waals surface area contributed by atoms with E-state index in [1.54, 1.807) is 12.1 Å². The lowest BCUT2D eigenvalue weighted by Crippen LogP contribution is -2.49. The number of fused-ring (bicyclic) bond motifs is 1. The van der Waals surface area contributed by atoms with E-state index in [0.717, 1.165) is 32.5 Å². The Morgan fingerprint density at radius 1 is 1.41 bits per heavy atom. The minimum absolute atomic E-state index is 0.0990. The molecule has 2 atom stereocenters. The SMILES string of the molecule is CC1CN(C2CCc3cc(F)ccc32)CCN1. The first kappa shape index (κ1) is 11.2. The average Bonchev–Trinajstić information content (AvgIpc) is 2.71. The van der Waals surface area contributed by atoms with Gasteiger partial charge in [-0.05, 0) is 43.0 Å². The minimum atomic E-state index is -0.0990. The normalized spacial score (nSPS) is 29.3. The van der Waals surface area contributed by atoms with Crippen LogP contribution in [0.5, 0.6) is 0 Å². The van der Waals surface area contributed by atoms with Crippen LogP contribution in [0.4, 0.5) is 4.39 Å². The van der Waals surface area contributed by atoms with Crippen LogP contribution in [0.2, 0.25) is 0 Å². The molecule has 1 saturated heterocycles. The van der Waals surface area contributed by atoms with Gasteiger partial charge in [-0.15, -0.1) is 0 Å². The van der Waals surface area contributed by atoms with Gasteiger partial charge in [0, 0.05) is 31.7 Å². The first-order valence-electron chi connectivity index (χ1n) is 6.50. The number of aryl methyl sites for hydroxylation is 1. The molecule has 1 N–H and O–H groups in total. The van der Waals surface area contributed by atoms with E-state index in [9.17, 15) is 4.39 Å². The predicted molar refractivity (Wildman–Crippen MR) is 66.5 cm³/mol. The number of halogens is 1. The van der Waals surface area contributed by atoms with Gasteiger partial charge < -0.3 is 5.32 Å². The van der Waals surface area contributed by atoms with Gasteiger partial charge in [0.05, 0.1) is 0 Å². The van der Waals surface area contributed by atoms with Gasteiger partial charge in [-0.1, -0.05) is 6.07 Å². The monoisotopic (exact) mass is 234 g/mol. The third-order valence-corrected chi connectivity index (χ3v) is 3.99. The summed E-state index contributed by atoms with van der Waals surface area (Å²) in [5.41, 5.74) is 2.56. The van der Waals surface area contributed by atoms with Gasteiger partial charge in [-0.3, -0.25) is 4.90 Å². The predicted octanol–water partition coefficient (Wildman–Crippen LogP) is 2.11. The average molecular weight is 234 g/mol. The fourth-order valence-corrected chi connectivity index (χ4v) is 3.19. The van der Waals surface area contributed by atoms with Crippen molar-refractivity contribution >= 4 is 0 Å².